The standard InChI is InChI=1S/C102H58O/c1-4-21-59(22-5-1)70-50-73(96-76-35-13-12-34-75(76)94(64-23-6-2-7-24-64)99-80-38-16-29-62-31-18-40-82(91(62)80)101(96)99)52-74(51-70)97-78-48-47-68(55-87(78)95(65-25-8-3-9-26-65)100-81-39-17-30-63-32-19-41-83(92(63)81)102(97)100)72-56-84(98-79-36-14-15-42-89(79)103-90(98)58-72)61-45-43-60(44-46-61)71-49-69-33-20-37-77-85-53-66-27-10-11-28-67(66)54-86(85)88(57-71)93(69)77/h1-58H. The maximum atomic E-state index is 7.00. The van der Waals surface area contributed by atoms with Crippen LogP contribution >= 0.6 is 0 Å². The Morgan fingerprint density at radius 3 is 1.11 bits per heavy atom. The number of hydrogen-bond donors (Lipinski definition) is 0. The van der Waals surface area contributed by atoms with Gasteiger partial charge in [-0.3, -0.25) is 0 Å². The Morgan fingerprint density at radius 1 is 0.136 bits per heavy atom. The molecular weight excluding hydrogens is 1240 g/mol. The van der Waals surface area contributed by atoms with Gasteiger partial charge in [0.25, 0.3) is 0 Å². The van der Waals surface area contributed by atoms with Gasteiger partial charge in [-0.25, -0.2) is 0 Å². The molecule has 20 aromatic rings. The van der Waals surface area contributed by atoms with Gasteiger partial charge in [0, 0.05) is 10.8 Å². The van der Waals surface area contributed by atoms with Crippen LogP contribution in [0.2, 0.25) is 0 Å². The van der Waals surface area contributed by atoms with Gasteiger partial charge in [0.2, 0.25) is 0 Å². The number of hydrogen-bond acceptors (Lipinski definition) is 1. The zero-order valence-electron chi connectivity index (χ0n) is 55.9. The van der Waals surface area contributed by atoms with Crippen molar-refractivity contribution in [3.05, 3.63) is 352 Å². The van der Waals surface area contributed by atoms with Gasteiger partial charge in [0.1, 0.15) is 11.2 Å². The van der Waals surface area contributed by atoms with E-state index in [2.05, 4.69) is 352 Å². The topological polar surface area (TPSA) is 13.1 Å². The van der Waals surface area contributed by atoms with E-state index in [0.29, 0.717) is 0 Å². The lowest BCUT2D eigenvalue weighted by atomic mass is 9.79. The molecule has 0 saturated heterocycles. The van der Waals surface area contributed by atoms with E-state index in [4.69, 9.17) is 4.42 Å². The van der Waals surface area contributed by atoms with Crippen LogP contribution in [-0.4, -0.2) is 0 Å². The van der Waals surface area contributed by atoms with Crippen molar-refractivity contribution in [1.82, 2.24) is 0 Å². The lowest BCUT2D eigenvalue weighted by Crippen LogP contribution is -1.97. The predicted octanol–water partition coefficient (Wildman–Crippen LogP) is 28.8. The highest BCUT2D eigenvalue weighted by Gasteiger charge is 2.35. The van der Waals surface area contributed by atoms with Crippen molar-refractivity contribution in [3.8, 4) is 156 Å². The lowest BCUT2D eigenvalue weighted by molar-refractivity contribution is 0.669. The zero-order chi connectivity index (χ0) is 67.1. The second-order valence-electron chi connectivity index (χ2n) is 28.4. The molecule has 1 heterocycles. The minimum absolute atomic E-state index is 0.859. The van der Waals surface area contributed by atoms with E-state index >= 15 is 0 Å². The minimum atomic E-state index is 0.859. The Kier molecular flexibility index (Phi) is 11.8. The third kappa shape index (κ3) is 8.19. The summed E-state index contributed by atoms with van der Waals surface area (Å²) in [6.45, 7) is 0. The molecule has 0 atom stereocenters. The Hall–Kier alpha value is -13.5. The zero-order valence-corrected chi connectivity index (χ0v) is 55.9. The van der Waals surface area contributed by atoms with Crippen molar-refractivity contribution < 1.29 is 4.42 Å². The van der Waals surface area contributed by atoms with Crippen molar-refractivity contribution in [3.63, 3.8) is 0 Å². The molecule has 0 fully saturated rings. The van der Waals surface area contributed by atoms with Crippen LogP contribution in [0.4, 0.5) is 0 Å². The normalized spacial score (nSPS) is 12.3. The molecule has 23 rings (SSSR count). The molecule has 0 saturated carbocycles. The van der Waals surface area contributed by atoms with E-state index in [1.54, 1.807) is 0 Å². The number of benzene rings is 19. The summed E-state index contributed by atoms with van der Waals surface area (Å²) in [5.74, 6) is 0. The molecule has 0 radical (unpaired) electrons. The van der Waals surface area contributed by atoms with Gasteiger partial charge < -0.3 is 4.42 Å². The molecule has 0 amide bonds. The molecule has 0 bridgehead atoms. The van der Waals surface area contributed by atoms with E-state index in [1.807, 2.05) is 0 Å². The molecular formula is C102H58O. The first-order chi connectivity index (χ1) is 51.1. The van der Waals surface area contributed by atoms with Crippen LogP contribution in [-0.2, 0) is 0 Å². The van der Waals surface area contributed by atoms with Gasteiger partial charge in [-0.15, -0.1) is 0 Å². The monoisotopic (exact) mass is 1300 g/mol. The quantitative estimate of drug-likeness (QED) is 0.148. The maximum absolute atomic E-state index is 7.00. The maximum Gasteiger partial charge on any atom is 0.136 e. The van der Waals surface area contributed by atoms with E-state index in [0.717, 1.165) is 49.8 Å². The van der Waals surface area contributed by atoms with Crippen LogP contribution in [0, 0.1) is 0 Å². The van der Waals surface area contributed by atoms with Crippen LogP contribution in [0.1, 0.15) is 0 Å². The van der Waals surface area contributed by atoms with Gasteiger partial charge >= 0.3 is 0 Å². The third-order valence-corrected chi connectivity index (χ3v) is 22.9. The van der Waals surface area contributed by atoms with Gasteiger partial charge in [-0.05, 0) is 287 Å². The second-order valence-corrected chi connectivity index (χ2v) is 28.4. The van der Waals surface area contributed by atoms with E-state index in [1.165, 1.54) is 193 Å². The molecule has 1 nitrogen and oxygen atoms in total. The van der Waals surface area contributed by atoms with Crippen molar-refractivity contribution in [2.24, 2.45) is 0 Å². The lowest BCUT2D eigenvalue weighted by Gasteiger charge is -2.24. The molecule has 3 aliphatic rings. The number of fused-ring (bicyclic) bond motifs is 15. The molecule has 3 aliphatic carbocycles. The highest BCUT2D eigenvalue weighted by atomic mass is 16.3. The highest BCUT2D eigenvalue weighted by Crippen LogP contribution is 2.62. The first kappa shape index (κ1) is 56.4. The number of para-hydroxylation sites is 1. The SMILES string of the molecule is c1ccc(-c2cc(-c3c4c(c(-c5ccccc5)c5ccccc35)-c3cccc5cccc-4c35)cc(-c3c4c(c(-c5ccccc5)c5cc(-c6cc(-c7ccc(-c8cc9c%10c(cccc%10c8)-c8cc%10ccccc%10cc8-9)cc7)c7c(c6)oc6ccccc67)ccc35)-c3cccc5cccc-4c35)c2)cc1. The van der Waals surface area contributed by atoms with Gasteiger partial charge in [-0.1, -0.05) is 285 Å². The van der Waals surface area contributed by atoms with Gasteiger partial charge in [0.15, 0.2) is 0 Å². The Labute approximate surface area is 594 Å². The third-order valence-electron chi connectivity index (χ3n) is 22.9. The molecule has 0 N–H and O–H groups in total. The molecule has 1 aromatic heterocycles. The van der Waals surface area contributed by atoms with Crippen molar-refractivity contribution in [2.45, 2.75) is 0 Å². The predicted molar refractivity (Wildman–Crippen MR) is 436 cm³/mol. The van der Waals surface area contributed by atoms with Crippen LogP contribution in [0.15, 0.2) is 356 Å². The molecule has 19 aromatic carbocycles. The van der Waals surface area contributed by atoms with Crippen LogP contribution in [0.3, 0.4) is 0 Å². The van der Waals surface area contributed by atoms with E-state index in [-0.39, 0.29) is 0 Å². The summed E-state index contributed by atoms with van der Waals surface area (Å²) in [5, 5.41) is 17.3. The van der Waals surface area contributed by atoms with E-state index in [9.17, 15) is 0 Å². The summed E-state index contributed by atoms with van der Waals surface area (Å²) in [5.41, 5.74) is 36.0. The van der Waals surface area contributed by atoms with Crippen molar-refractivity contribution in [2.75, 3.05) is 0 Å². The fourth-order valence-corrected chi connectivity index (χ4v) is 18.6. The Balaban J connectivity index is 0.766. The number of furan rings is 1. The first-order valence-corrected chi connectivity index (χ1v) is 35.8. The molecule has 0 aliphatic heterocycles. The average Bonchev–Trinajstić information content (AvgIpc) is 1.58. The summed E-state index contributed by atoms with van der Waals surface area (Å²) >= 11 is 0. The smallest absolute Gasteiger partial charge is 0.136 e. The molecule has 0 unspecified atom stereocenters. The molecule has 103 heavy (non-hydrogen) atoms. The fraction of sp³-hybridized carbons (Fsp3) is 0. The van der Waals surface area contributed by atoms with Crippen LogP contribution < -0.4 is 0 Å². The summed E-state index contributed by atoms with van der Waals surface area (Å²) in [6.07, 6.45) is 0. The van der Waals surface area contributed by atoms with E-state index < -0.39 is 0 Å². The molecule has 0 spiro atoms. The van der Waals surface area contributed by atoms with Gasteiger partial charge in [0.05, 0.1) is 0 Å². The fourth-order valence-electron chi connectivity index (χ4n) is 18.6. The highest BCUT2D eigenvalue weighted by molar-refractivity contribution is 6.31. The van der Waals surface area contributed by atoms with Crippen molar-refractivity contribution >= 4 is 86.6 Å². The first-order valence-electron chi connectivity index (χ1n) is 35.8. The summed E-state index contributed by atoms with van der Waals surface area (Å²) < 4.78 is 7.00. The minimum Gasteiger partial charge on any atom is -0.456 e. The summed E-state index contributed by atoms with van der Waals surface area (Å²) in [4.78, 5) is 0. The van der Waals surface area contributed by atoms with Gasteiger partial charge in [-0.2, -0.15) is 0 Å². The second kappa shape index (κ2) is 21.5. The average molecular weight is 1300 g/mol. The van der Waals surface area contributed by atoms with Crippen LogP contribution in [0.5, 0.6) is 0 Å². The molecule has 1 heteroatoms. The van der Waals surface area contributed by atoms with Crippen molar-refractivity contribution in [1.29, 1.82) is 0 Å². The Morgan fingerprint density at radius 2 is 0.524 bits per heavy atom. The largest absolute Gasteiger partial charge is 0.456 e. The summed E-state index contributed by atoms with van der Waals surface area (Å²) in [7, 11) is 0. The van der Waals surface area contributed by atoms with Crippen LogP contribution in [0.25, 0.3) is 242 Å². The molecule has 472 valence electrons. The summed E-state index contributed by atoms with van der Waals surface area (Å²) in [6, 6.07) is 133. The Bertz CT molecular complexity index is 7100. The number of rotatable bonds is 8.